The van der Waals surface area contributed by atoms with E-state index in [0.717, 1.165) is 12.3 Å². The molecule has 15 heavy (non-hydrogen) atoms. The van der Waals surface area contributed by atoms with Crippen LogP contribution >= 0.6 is 0 Å². The number of nitrogens with one attached hydrogen (secondary N) is 1. The number of hydrogen-bond donors (Lipinski definition) is 1. The van der Waals surface area contributed by atoms with Crippen LogP contribution in [0, 0.1) is 5.92 Å². The third-order valence-electron chi connectivity index (χ3n) is 3.03. The van der Waals surface area contributed by atoms with E-state index in [1.54, 1.807) is 0 Å². The Kier molecular flexibility index (Phi) is 2.98. The van der Waals surface area contributed by atoms with Gasteiger partial charge >= 0.3 is 0 Å². The van der Waals surface area contributed by atoms with Gasteiger partial charge in [-0.1, -0.05) is 19.8 Å². The van der Waals surface area contributed by atoms with Gasteiger partial charge in [-0.3, -0.25) is 4.68 Å². The monoisotopic (exact) mass is 207 g/mol. The van der Waals surface area contributed by atoms with E-state index in [2.05, 4.69) is 30.5 Å². The molecule has 1 atom stereocenters. The Bertz CT molecular complexity index is 326. The van der Waals surface area contributed by atoms with Crippen LogP contribution in [-0.4, -0.2) is 15.8 Å². The number of nitrogens with zero attached hydrogens (tertiary/aromatic N) is 2. The van der Waals surface area contributed by atoms with E-state index in [4.69, 9.17) is 0 Å². The summed E-state index contributed by atoms with van der Waals surface area (Å²) in [5.74, 6) is 0.981. The molecule has 1 heterocycles. The molecule has 0 amide bonds. The molecule has 3 heteroatoms. The molecule has 1 fully saturated rings. The fourth-order valence-corrected chi connectivity index (χ4v) is 2.09. The number of aryl methyl sites for hydroxylation is 2. The van der Waals surface area contributed by atoms with Gasteiger partial charge in [0.05, 0.1) is 11.4 Å². The molecular formula is C12H21N3. The lowest BCUT2D eigenvalue weighted by Gasteiger charge is -2.13. The molecule has 2 rings (SSSR count). The van der Waals surface area contributed by atoms with Gasteiger partial charge in [-0.15, -0.1) is 0 Å². The maximum Gasteiger partial charge on any atom is 0.0853 e. The van der Waals surface area contributed by atoms with E-state index in [1.165, 1.54) is 30.6 Å². The Hall–Kier alpha value is -0.990. The highest BCUT2D eigenvalue weighted by atomic mass is 15.3. The SMILES string of the molecule is CCc1nn(C)cc1NC(C)CC1CC1. The molecule has 0 aliphatic heterocycles. The van der Waals surface area contributed by atoms with Crippen molar-refractivity contribution in [2.24, 2.45) is 13.0 Å². The van der Waals surface area contributed by atoms with Gasteiger partial charge in [0.15, 0.2) is 0 Å². The summed E-state index contributed by atoms with van der Waals surface area (Å²) in [5, 5.41) is 8.00. The van der Waals surface area contributed by atoms with Gasteiger partial charge in [-0.25, -0.2) is 0 Å². The first-order valence-electron chi connectivity index (χ1n) is 5.98. The number of aromatic nitrogens is 2. The topological polar surface area (TPSA) is 29.9 Å². The van der Waals surface area contributed by atoms with Crippen LogP contribution in [0.4, 0.5) is 5.69 Å². The van der Waals surface area contributed by atoms with Crippen molar-refractivity contribution < 1.29 is 0 Å². The summed E-state index contributed by atoms with van der Waals surface area (Å²) in [6.45, 7) is 4.42. The minimum atomic E-state index is 0.576. The lowest BCUT2D eigenvalue weighted by atomic mass is 10.1. The second-order valence-corrected chi connectivity index (χ2v) is 4.74. The lowest BCUT2D eigenvalue weighted by Crippen LogP contribution is -2.16. The van der Waals surface area contributed by atoms with Crippen LogP contribution in [0.1, 0.15) is 38.8 Å². The summed E-state index contributed by atoms with van der Waals surface area (Å²) in [7, 11) is 1.98. The van der Waals surface area contributed by atoms with Crippen molar-refractivity contribution in [1.29, 1.82) is 0 Å². The molecule has 0 spiro atoms. The van der Waals surface area contributed by atoms with Crippen LogP contribution in [0.2, 0.25) is 0 Å². The van der Waals surface area contributed by atoms with Crippen molar-refractivity contribution in [3.05, 3.63) is 11.9 Å². The van der Waals surface area contributed by atoms with E-state index in [-0.39, 0.29) is 0 Å². The zero-order valence-corrected chi connectivity index (χ0v) is 9.95. The molecule has 0 radical (unpaired) electrons. The van der Waals surface area contributed by atoms with Crippen LogP contribution < -0.4 is 5.32 Å². The molecular weight excluding hydrogens is 186 g/mol. The van der Waals surface area contributed by atoms with Gasteiger partial charge in [0.1, 0.15) is 0 Å². The highest BCUT2D eigenvalue weighted by Gasteiger charge is 2.23. The summed E-state index contributed by atoms with van der Waals surface area (Å²) >= 11 is 0. The molecule has 0 bridgehead atoms. The first kappa shape index (κ1) is 10.5. The summed E-state index contributed by atoms with van der Waals surface area (Å²) in [6, 6.07) is 0.576. The molecule has 1 saturated carbocycles. The van der Waals surface area contributed by atoms with Gasteiger partial charge in [-0.05, 0) is 25.7 Å². The molecule has 1 aliphatic rings. The van der Waals surface area contributed by atoms with Gasteiger partial charge in [0.2, 0.25) is 0 Å². The molecule has 1 N–H and O–H groups in total. The number of rotatable bonds is 5. The molecule has 84 valence electrons. The molecule has 1 aromatic rings. The van der Waals surface area contributed by atoms with Crippen molar-refractivity contribution in [2.75, 3.05) is 5.32 Å². The summed E-state index contributed by atoms with van der Waals surface area (Å²) in [4.78, 5) is 0. The Morgan fingerprint density at radius 3 is 2.93 bits per heavy atom. The summed E-state index contributed by atoms with van der Waals surface area (Å²) < 4.78 is 1.89. The van der Waals surface area contributed by atoms with Crippen LogP contribution in [0.5, 0.6) is 0 Å². The van der Waals surface area contributed by atoms with Crippen molar-refractivity contribution >= 4 is 5.69 Å². The second-order valence-electron chi connectivity index (χ2n) is 4.74. The predicted octanol–water partition coefficient (Wildman–Crippen LogP) is 2.58. The fraction of sp³-hybridized carbons (Fsp3) is 0.750. The van der Waals surface area contributed by atoms with E-state index in [9.17, 15) is 0 Å². The maximum atomic E-state index is 4.43. The fourth-order valence-electron chi connectivity index (χ4n) is 2.09. The second kappa shape index (κ2) is 4.25. The van der Waals surface area contributed by atoms with Gasteiger partial charge in [-0.2, -0.15) is 5.10 Å². The van der Waals surface area contributed by atoms with Gasteiger partial charge < -0.3 is 5.32 Å². The minimum Gasteiger partial charge on any atom is -0.380 e. The third kappa shape index (κ3) is 2.74. The Morgan fingerprint density at radius 1 is 1.60 bits per heavy atom. The maximum absolute atomic E-state index is 4.43. The largest absolute Gasteiger partial charge is 0.380 e. The first-order chi connectivity index (χ1) is 7.19. The smallest absolute Gasteiger partial charge is 0.0853 e. The van der Waals surface area contributed by atoms with Crippen molar-refractivity contribution in [3.63, 3.8) is 0 Å². The zero-order chi connectivity index (χ0) is 10.8. The van der Waals surface area contributed by atoms with Crippen molar-refractivity contribution in [3.8, 4) is 0 Å². The molecule has 1 unspecified atom stereocenters. The van der Waals surface area contributed by atoms with Gasteiger partial charge in [0, 0.05) is 19.3 Å². The Balaban J connectivity index is 1.95. The predicted molar refractivity (Wildman–Crippen MR) is 63.0 cm³/mol. The van der Waals surface area contributed by atoms with Crippen LogP contribution in [0.25, 0.3) is 0 Å². The first-order valence-corrected chi connectivity index (χ1v) is 5.98. The average molecular weight is 207 g/mol. The third-order valence-corrected chi connectivity index (χ3v) is 3.03. The Morgan fingerprint density at radius 2 is 2.33 bits per heavy atom. The van der Waals surface area contributed by atoms with E-state index < -0.39 is 0 Å². The van der Waals surface area contributed by atoms with E-state index in [0.29, 0.717) is 6.04 Å². The van der Waals surface area contributed by atoms with Crippen molar-refractivity contribution in [1.82, 2.24) is 9.78 Å². The van der Waals surface area contributed by atoms with E-state index in [1.807, 2.05) is 11.7 Å². The van der Waals surface area contributed by atoms with Gasteiger partial charge in [0.25, 0.3) is 0 Å². The van der Waals surface area contributed by atoms with E-state index >= 15 is 0 Å². The highest BCUT2D eigenvalue weighted by Crippen LogP contribution is 2.34. The summed E-state index contributed by atoms with van der Waals surface area (Å²) in [6.07, 6.45) is 7.25. The number of anilines is 1. The van der Waals surface area contributed by atoms with Crippen LogP contribution in [0.3, 0.4) is 0 Å². The van der Waals surface area contributed by atoms with Crippen LogP contribution in [-0.2, 0) is 13.5 Å². The normalized spacial score (nSPS) is 17.8. The lowest BCUT2D eigenvalue weighted by molar-refractivity contribution is 0.641. The Labute approximate surface area is 91.9 Å². The minimum absolute atomic E-state index is 0.576. The molecule has 3 nitrogen and oxygen atoms in total. The zero-order valence-electron chi connectivity index (χ0n) is 9.95. The molecule has 0 saturated heterocycles. The molecule has 1 aliphatic carbocycles. The standard InChI is InChI=1S/C12H21N3/c1-4-11-12(8-15(3)14-11)13-9(2)7-10-5-6-10/h8-10,13H,4-7H2,1-3H3. The summed E-state index contributed by atoms with van der Waals surface area (Å²) in [5.41, 5.74) is 2.40. The number of hydrogen-bond acceptors (Lipinski definition) is 2. The van der Waals surface area contributed by atoms with Crippen LogP contribution in [0.15, 0.2) is 6.20 Å². The average Bonchev–Trinajstić information content (AvgIpc) is 2.90. The molecule has 0 aromatic carbocycles. The molecule has 1 aromatic heterocycles. The quantitative estimate of drug-likeness (QED) is 0.804. The highest BCUT2D eigenvalue weighted by molar-refractivity contribution is 5.47. The van der Waals surface area contributed by atoms with Crippen molar-refractivity contribution in [2.45, 2.75) is 45.6 Å².